The summed E-state index contributed by atoms with van der Waals surface area (Å²) in [5.74, 6) is -2.44. The molecule has 0 aliphatic carbocycles. The largest absolute Gasteiger partial charge is 0.449 e. The minimum Gasteiger partial charge on any atom is -0.449 e. The van der Waals surface area contributed by atoms with Crippen LogP contribution in [0, 0.1) is 0 Å². The Morgan fingerprint density at radius 2 is 1.88 bits per heavy atom. The summed E-state index contributed by atoms with van der Waals surface area (Å²) in [5, 5.41) is 0. The van der Waals surface area contributed by atoms with E-state index in [1.807, 2.05) is 0 Å². The van der Waals surface area contributed by atoms with Gasteiger partial charge in [0.1, 0.15) is 0 Å². The molecule has 8 heteroatoms. The Labute approximate surface area is 138 Å². The fourth-order valence-electron chi connectivity index (χ4n) is 2.27. The monoisotopic (exact) mass is 334 g/mol. The van der Waals surface area contributed by atoms with E-state index in [2.05, 4.69) is 0 Å². The topological polar surface area (TPSA) is 116 Å². The number of carbonyl (C=O) groups excluding carboxylic acids is 4. The summed E-state index contributed by atoms with van der Waals surface area (Å²) in [4.78, 5) is 48.6. The molecule has 24 heavy (non-hydrogen) atoms. The molecule has 0 unspecified atom stereocenters. The first-order chi connectivity index (χ1) is 11.4. The maximum atomic E-state index is 12.3. The number of methoxy groups -OCH3 is 1. The van der Waals surface area contributed by atoms with Crippen LogP contribution in [0.25, 0.3) is 0 Å². The number of carbonyl (C=O) groups is 4. The molecule has 2 rings (SSSR count). The molecule has 0 spiro atoms. The SMILES string of the molecule is COCCCN1C(=O)c2ccc(C(=O)O[C@H](C)C(N)=O)cc2C1=O. The number of nitrogens with two attached hydrogens (primary N) is 1. The molecule has 1 atom stereocenters. The molecule has 0 radical (unpaired) electrons. The van der Waals surface area contributed by atoms with Crippen LogP contribution in [-0.4, -0.2) is 55.0 Å². The Morgan fingerprint density at radius 3 is 2.50 bits per heavy atom. The molecule has 1 aliphatic heterocycles. The van der Waals surface area contributed by atoms with Gasteiger partial charge in [0, 0.05) is 20.3 Å². The molecule has 0 bridgehead atoms. The van der Waals surface area contributed by atoms with Gasteiger partial charge in [-0.15, -0.1) is 0 Å². The number of primary amides is 1. The van der Waals surface area contributed by atoms with Crippen molar-refractivity contribution in [1.82, 2.24) is 4.90 Å². The van der Waals surface area contributed by atoms with E-state index in [0.717, 1.165) is 4.90 Å². The third kappa shape index (κ3) is 3.43. The highest BCUT2D eigenvalue weighted by atomic mass is 16.5. The van der Waals surface area contributed by atoms with E-state index in [-0.39, 0.29) is 23.2 Å². The predicted octanol–water partition coefficient (Wildman–Crippen LogP) is 0.350. The lowest BCUT2D eigenvalue weighted by atomic mass is 10.1. The number of esters is 1. The second-order valence-corrected chi connectivity index (χ2v) is 5.32. The summed E-state index contributed by atoms with van der Waals surface area (Å²) in [7, 11) is 1.54. The first kappa shape index (κ1) is 17.6. The molecule has 128 valence electrons. The van der Waals surface area contributed by atoms with E-state index in [9.17, 15) is 19.2 Å². The van der Waals surface area contributed by atoms with Crippen LogP contribution < -0.4 is 5.73 Å². The van der Waals surface area contributed by atoms with Crippen molar-refractivity contribution >= 4 is 23.7 Å². The highest BCUT2D eigenvalue weighted by Crippen LogP contribution is 2.24. The first-order valence-corrected chi connectivity index (χ1v) is 7.36. The Morgan fingerprint density at radius 1 is 1.21 bits per heavy atom. The van der Waals surface area contributed by atoms with E-state index in [1.54, 1.807) is 0 Å². The zero-order valence-electron chi connectivity index (χ0n) is 13.4. The van der Waals surface area contributed by atoms with E-state index < -0.39 is 29.8 Å². The van der Waals surface area contributed by atoms with Gasteiger partial charge in [-0.1, -0.05) is 0 Å². The zero-order valence-corrected chi connectivity index (χ0v) is 13.4. The Bertz CT molecular complexity index is 700. The quantitative estimate of drug-likeness (QED) is 0.437. The van der Waals surface area contributed by atoms with Crippen LogP contribution in [0.15, 0.2) is 18.2 Å². The van der Waals surface area contributed by atoms with Crippen molar-refractivity contribution in [2.45, 2.75) is 19.4 Å². The molecule has 1 heterocycles. The Kier molecular flexibility index (Phi) is 5.30. The average Bonchev–Trinajstić information content (AvgIpc) is 2.79. The number of fused-ring (bicyclic) bond motifs is 1. The average molecular weight is 334 g/mol. The van der Waals surface area contributed by atoms with Crippen molar-refractivity contribution in [3.63, 3.8) is 0 Å². The van der Waals surface area contributed by atoms with Crippen molar-refractivity contribution in [3.05, 3.63) is 34.9 Å². The van der Waals surface area contributed by atoms with Crippen LogP contribution in [0.3, 0.4) is 0 Å². The summed E-state index contributed by atoms with van der Waals surface area (Å²) >= 11 is 0. The van der Waals surface area contributed by atoms with Crippen molar-refractivity contribution in [2.24, 2.45) is 5.73 Å². The third-order valence-corrected chi connectivity index (χ3v) is 3.62. The summed E-state index contributed by atoms with van der Waals surface area (Å²) in [6.45, 7) is 2.01. The Hall–Kier alpha value is -2.74. The number of hydrogen-bond acceptors (Lipinski definition) is 6. The van der Waals surface area contributed by atoms with Gasteiger partial charge in [-0.25, -0.2) is 4.79 Å². The lowest BCUT2D eigenvalue weighted by Crippen LogP contribution is -2.31. The standard InChI is InChI=1S/C16H18N2O6/c1-9(13(17)19)24-16(22)10-4-5-11-12(8-10)15(21)18(14(11)20)6-3-7-23-2/h4-5,8-9H,3,6-7H2,1-2H3,(H2,17,19)/t9-/m1/s1. The van der Waals surface area contributed by atoms with Gasteiger partial charge in [0.25, 0.3) is 17.7 Å². The van der Waals surface area contributed by atoms with Crippen LogP contribution in [0.2, 0.25) is 0 Å². The van der Waals surface area contributed by atoms with Crippen LogP contribution in [0.1, 0.15) is 44.4 Å². The number of hydrogen-bond donors (Lipinski definition) is 1. The summed E-state index contributed by atoms with van der Waals surface area (Å²) in [5.41, 5.74) is 5.48. The van der Waals surface area contributed by atoms with Crippen molar-refractivity contribution in [1.29, 1.82) is 0 Å². The summed E-state index contributed by atoms with van der Waals surface area (Å²) in [6.07, 6.45) is -0.568. The minimum atomic E-state index is -1.09. The van der Waals surface area contributed by atoms with Crippen LogP contribution >= 0.6 is 0 Å². The van der Waals surface area contributed by atoms with Gasteiger partial charge in [-0.05, 0) is 31.5 Å². The fourth-order valence-corrected chi connectivity index (χ4v) is 2.27. The van der Waals surface area contributed by atoms with E-state index >= 15 is 0 Å². The van der Waals surface area contributed by atoms with Crippen LogP contribution in [0.4, 0.5) is 0 Å². The summed E-state index contributed by atoms with van der Waals surface area (Å²) < 4.78 is 9.79. The lowest BCUT2D eigenvalue weighted by Gasteiger charge is -2.12. The molecule has 2 N–H and O–H groups in total. The van der Waals surface area contributed by atoms with Gasteiger partial charge in [-0.3, -0.25) is 19.3 Å². The first-order valence-electron chi connectivity index (χ1n) is 7.36. The molecule has 1 aromatic carbocycles. The number of rotatable bonds is 7. The molecule has 1 aromatic rings. The number of imide groups is 1. The van der Waals surface area contributed by atoms with E-state index in [1.165, 1.54) is 32.2 Å². The second-order valence-electron chi connectivity index (χ2n) is 5.32. The molecule has 0 fully saturated rings. The molecule has 1 aliphatic rings. The molecule has 0 saturated carbocycles. The van der Waals surface area contributed by atoms with E-state index in [0.29, 0.717) is 13.0 Å². The molecular weight excluding hydrogens is 316 g/mol. The number of nitrogens with zero attached hydrogens (tertiary/aromatic N) is 1. The molecular formula is C16H18N2O6. The van der Waals surface area contributed by atoms with Gasteiger partial charge in [-0.2, -0.15) is 0 Å². The van der Waals surface area contributed by atoms with Gasteiger partial charge in [0.2, 0.25) is 0 Å². The number of ether oxygens (including phenoxy) is 2. The minimum absolute atomic E-state index is 0.0711. The van der Waals surface area contributed by atoms with Crippen LogP contribution in [-0.2, 0) is 14.3 Å². The third-order valence-electron chi connectivity index (χ3n) is 3.62. The maximum Gasteiger partial charge on any atom is 0.338 e. The van der Waals surface area contributed by atoms with Gasteiger partial charge in [0.15, 0.2) is 6.10 Å². The van der Waals surface area contributed by atoms with Crippen molar-refractivity contribution in [2.75, 3.05) is 20.3 Å². The van der Waals surface area contributed by atoms with Crippen molar-refractivity contribution in [3.8, 4) is 0 Å². The molecule has 0 aromatic heterocycles. The van der Waals surface area contributed by atoms with Gasteiger partial charge in [0.05, 0.1) is 16.7 Å². The van der Waals surface area contributed by atoms with Gasteiger partial charge >= 0.3 is 5.97 Å². The number of benzene rings is 1. The lowest BCUT2D eigenvalue weighted by molar-refractivity contribution is -0.125. The number of amides is 3. The maximum absolute atomic E-state index is 12.3. The normalized spacial score (nSPS) is 14.5. The van der Waals surface area contributed by atoms with E-state index in [4.69, 9.17) is 15.2 Å². The summed E-state index contributed by atoms with van der Waals surface area (Å²) in [6, 6.07) is 4.07. The van der Waals surface area contributed by atoms with Crippen LogP contribution in [0.5, 0.6) is 0 Å². The highest BCUT2D eigenvalue weighted by molar-refractivity contribution is 6.21. The molecule has 0 saturated heterocycles. The smallest absolute Gasteiger partial charge is 0.338 e. The second kappa shape index (κ2) is 7.22. The zero-order chi connectivity index (χ0) is 17.9. The fraction of sp³-hybridized carbons (Fsp3) is 0.375. The molecule has 8 nitrogen and oxygen atoms in total. The highest BCUT2D eigenvalue weighted by Gasteiger charge is 2.35. The predicted molar refractivity (Wildman–Crippen MR) is 82.4 cm³/mol. The Balaban J connectivity index is 2.18. The van der Waals surface area contributed by atoms with Gasteiger partial charge < -0.3 is 15.2 Å². The molecule has 3 amide bonds. The van der Waals surface area contributed by atoms with Crippen molar-refractivity contribution < 1.29 is 28.7 Å².